The predicted octanol–water partition coefficient (Wildman–Crippen LogP) is 2.85. The van der Waals surface area contributed by atoms with E-state index in [4.69, 9.17) is 4.74 Å². The molecule has 2 aromatic heterocycles. The minimum Gasteiger partial charge on any atom is -0.376 e. The van der Waals surface area contributed by atoms with Crippen molar-refractivity contribution in [2.75, 3.05) is 13.2 Å². The number of carbonyl (C=O) groups excluding carboxylic acids is 1. The molecule has 3 aromatic rings. The Morgan fingerprint density at radius 1 is 1.30 bits per heavy atom. The largest absolute Gasteiger partial charge is 0.376 e. The van der Waals surface area contributed by atoms with Crippen LogP contribution in [0.2, 0.25) is 0 Å². The summed E-state index contributed by atoms with van der Waals surface area (Å²) in [5.41, 5.74) is 0.339. The molecule has 140 valence electrons. The van der Waals surface area contributed by atoms with Crippen LogP contribution >= 0.6 is 0 Å². The molecule has 8 heteroatoms. The Kier molecular flexibility index (Phi) is 4.72. The fraction of sp³-hybridized carbons (Fsp3) is 0.263. The van der Waals surface area contributed by atoms with Crippen molar-refractivity contribution in [1.29, 1.82) is 0 Å². The zero-order chi connectivity index (χ0) is 18.8. The standard InChI is InChI=1S/C19H18F2N4O2/c20-13-5-6-17(16(21)10-13)25-19(24-7-1-2-8-24)15(12-23-25)18(26)22-11-14-4-3-9-27-14/h1-2,5-8,10,12,14H,3-4,9,11H2,(H,22,26)/t14-/m1/s1. The minimum atomic E-state index is -0.766. The minimum absolute atomic E-state index is 0.00793. The van der Waals surface area contributed by atoms with E-state index in [0.29, 0.717) is 19.0 Å². The number of hydrogen-bond donors (Lipinski definition) is 1. The van der Waals surface area contributed by atoms with Crippen LogP contribution in [-0.2, 0) is 4.74 Å². The first-order chi connectivity index (χ1) is 13.1. The molecule has 3 heterocycles. The van der Waals surface area contributed by atoms with Crippen molar-refractivity contribution in [2.24, 2.45) is 0 Å². The Balaban J connectivity index is 1.70. The second-order valence-electron chi connectivity index (χ2n) is 6.32. The van der Waals surface area contributed by atoms with Crippen LogP contribution in [0.4, 0.5) is 8.78 Å². The van der Waals surface area contributed by atoms with Gasteiger partial charge < -0.3 is 14.6 Å². The van der Waals surface area contributed by atoms with Gasteiger partial charge in [-0.15, -0.1) is 0 Å². The van der Waals surface area contributed by atoms with Gasteiger partial charge in [-0.05, 0) is 37.1 Å². The topological polar surface area (TPSA) is 61.1 Å². The molecule has 1 aromatic carbocycles. The van der Waals surface area contributed by atoms with Crippen LogP contribution in [0, 0.1) is 11.6 Å². The maximum absolute atomic E-state index is 14.3. The van der Waals surface area contributed by atoms with E-state index >= 15 is 0 Å². The highest BCUT2D eigenvalue weighted by molar-refractivity contribution is 5.97. The number of ether oxygens (including phenoxy) is 1. The molecule has 1 N–H and O–H groups in total. The van der Waals surface area contributed by atoms with E-state index in [9.17, 15) is 13.6 Å². The lowest BCUT2D eigenvalue weighted by atomic mass is 10.2. The second kappa shape index (κ2) is 7.32. The van der Waals surface area contributed by atoms with E-state index in [1.807, 2.05) is 0 Å². The summed E-state index contributed by atoms with van der Waals surface area (Å²) in [5, 5.41) is 7.02. The lowest BCUT2D eigenvalue weighted by Gasteiger charge is -2.13. The molecule has 0 unspecified atom stereocenters. The van der Waals surface area contributed by atoms with Crippen molar-refractivity contribution >= 4 is 5.91 Å². The lowest BCUT2D eigenvalue weighted by Crippen LogP contribution is -2.32. The van der Waals surface area contributed by atoms with Crippen molar-refractivity contribution in [2.45, 2.75) is 18.9 Å². The smallest absolute Gasteiger partial charge is 0.256 e. The van der Waals surface area contributed by atoms with Crippen LogP contribution in [0.15, 0.2) is 48.9 Å². The Morgan fingerprint density at radius 3 is 2.81 bits per heavy atom. The third-order valence-electron chi connectivity index (χ3n) is 4.49. The number of carbonyl (C=O) groups is 1. The quantitative estimate of drug-likeness (QED) is 0.749. The van der Waals surface area contributed by atoms with Crippen molar-refractivity contribution in [3.8, 4) is 11.5 Å². The summed E-state index contributed by atoms with van der Waals surface area (Å²) in [6.45, 7) is 1.11. The van der Waals surface area contributed by atoms with Crippen molar-refractivity contribution in [3.63, 3.8) is 0 Å². The summed E-state index contributed by atoms with van der Waals surface area (Å²) in [4.78, 5) is 12.7. The van der Waals surface area contributed by atoms with E-state index < -0.39 is 11.6 Å². The van der Waals surface area contributed by atoms with Crippen molar-refractivity contribution < 1.29 is 18.3 Å². The van der Waals surface area contributed by atoms with Gasteiger partial charge in [0.15, 0.2) is 11.6 Å². The normalized spacial score (nSPS) is 16.6. The Bertz CT molecular complexity index is 947. The molecule has 1 saturated heterocycles. The lowest BCUT2D eigenvalue weighted by molar-refractivity contribution is 0.0857. The number of amides is 1. The highest BCUT2D eigenvalue weighted by Crippen LogP contribution is 2.22. The molecule has 1 fully saturated rings. The summed E-state index contributed by atoms with van der Waals surface area (Å²) in [5.74, 6) is -1.41. The van der Waals surface area contributed by atoms with Crippen LogP contribution in [0.1, 0.15) is 23.2 Å². The van der Waals surface area contributed by atoms with Gasteiger partial charge in [-0.2, -0.15) is 5.10 Å². The number of aromatic nitrogens is 3. The number of nitrogens with one attached hydrogen (secondary N) is 1. The first kappa shape index (κ1) is 17.4. The van der Waals surface area contributed by atoms with Crippen molar-refractivity contribution in [1.82, 2.24) is 19.7 Å². The van der Waals surface area contributed by atoms with Crippen LogP contribution in [0.5, 0.6) is 0 Å². The molecule has 0 bridgehead atoms. The molecular formula is C19H18F2N4O2. The molecule has 0 aliphatic carbocycles. The number of rotatable bonds is 5. The molecule has 27 heavy (non-hydrogen) atoms. The number of halogens is 2. The zero-order valence-electron chi connectivity index (χ0n) is 14.4. The fourth-order valence-corrected chi connectivity index (χ4v) is 3.16. The average Bonchev–Trinajstić information content (AvgIpc) is 3.39. The number of benzene rings is 1. The average molecular weight is 372 g/mol. The maximum atomic E-state index is 14.3. The zero-order valence-corrected chi connectivity index (χ0v) is 14.4. The fourth-order valence-electron chi connectivity index (χ4n) is 3.16. The molecule has 4 rings (SSSR count). The molecule has 0 saturated carbocycles. The van der Waals surface area contributed by atoms with E-state index in [2.05, 4.69) is 10.4 Å². The number of nitrogens with zero attached hydrogens (tertiary/aromatic N) is 3. The van der Waals surface area contributed by atoms with E-state index in [1.54, 1.807) is 29.1 Å². The van der Waals surface area contributed by atoms with E-state index in [-0.39, 0.29) is 23.3 Å². The van der Waals surface area contributed by atoms with Gasteiger partial charge in [0.1, 0.15) is 17.1 Å². The van der Waals surface area contributed by atoms with E-state index in [0.717, 1.165) is 25.0 Å². The van der Waals surface area contributed by atoms with Gasteiger partial charge in [0.2, 0.25) is 0 Å². The van der Waals surface area contributed by atoms with Crippen LogP contribution < -0.4 is 5.32 Å². The molecule has 1 aliphatic heterocycles. The van der Waals surface area contributed by atoms with Gasteiger partial charge in [0.05, 0.1) is 12.3 Å². The molecule has 0 radical (unpaired) electrons. The molecule has 1 aliphatic rings. The van der Waals surface area contributed by atoms with Crippen LogP contribution in [-0.4, -0.2) is 39.5 Å². The summed E-state index contributed by atoms with van der Waals surface area (Å²) < 4.78 is 36.0. The Morgan fingerprint density at radius 2 is 2.11 bits per heavy atom. The third kappa shape index (κ3) is 3.48. The van der Waals surface area contributed by atoms with Gasteiger partial charge in [-0.3, -0.25) is 4.79 Å². The van der Waals surface area contributed by atoms with Crippen LogP contribution in [0.3, 0.4) is 0 Å². The monoisotopic (exact) mass is 372 g/mol. The predicted molar refractivity (Wildman–Crippen MR) is 94.1 cm³/mol. The highest BCUT2D eigenvalue weighted by atomic mass is 19.1. The molecule has 0 spiro atoms. The maximum Gasteiger partial charge on any atom is 0.256 e. The van der Waals surface area contributed by atoms with Gasteiger partial charge >= 0.3 is 0 Å². The van der Waals surface area contributed by atoms with Gasteiger partial charge in [0, 0.05) is 31.6 Å². The summed E-state index contributed by atoms with van der Waals surface area (Å²) >= 11 is 0. The Labute approximate surface area is 154 Å². The summed E-state index contributed by atoms with van der Waals surface area (Å²) in [6.07, 6.45) is 6.73. The molecule has 1 atom stereocenters. The third-order valence-corrected chi connectivity index (χ3v) is 4.49. The first-order valence-electron chi connectivity index (χ1n) is 8.70. The van der Waals surface area contributed by atoms with E-state index in [1.165, 1.54) is 16.9 Å². The second-order valence-corrected chi connectivity index (χ2v) is 6.32. The highest BCUT2D eigenvalue weighted by Gasteiger charge is 2.23. The van der Waals surface area contributed by atoms with Gasteiger partial charge in [-0.25, -0.2) is 13.5 Å². The summed E-state index contributed by atoms with van der Waals surface area (Å²) in [6, 6.07) is 6.79. The van der Waals surface area contributed by atoms with Crippen molar-refractivity contribution in [3.05, 3.63) is 66.1 Å². The van der Waals surface area contributed by atoms with Gasteiger partial charge in [-0.1, -0.05) is 0 Å². The molecule has 6 nitrogen and oxygen atoms in total. The molecular weight excluding hydrogens is 354 g/mol. The SMILES string of the molecule is O=C(NC[C@H]1CCCO1)c1cnn(-c2ccc(F)cc2F)c1-n1cccc1. The first-order valence-corrected chi connectivity index (χ1v) is 8.70. The Hall–Kier alpha value is -3.00. The number of hydrogen-bond acceptors (Lipinski definition) is 3. The van der Waals surface area contributed by atoms with Crippen LogP contribution in [0.25, 0.3) is 11.5 Å². The molecule has 1 amide bonds. The van der Waals surface area contributed by atoms with Gasteiger partial charge in [0.25, 0.3) is 5.91 Å². The summed E-state index contributed by atoms with van der Waals surface area (Å²) in [7, 11) is 0.